The van der Waals surface area contributed by atoms with Gasteiger partial charge in [0.1, 0.15) is 30.0 Å². The van der Waals surface area contributed by atoms with E-state index in [9.17, 15) is 0 Å². The first-order valence-electron chi connectivity index (χ1n) is 8.78. The summed E-state index contributed by atoms with van der Waals surface area (Å²) in [5.74, 6) is 0.722. The van der Waals surface area contributed by atoms with E-state index in [2.05, 4.69) is 61.5 Å². The Hall–Kier alpha value is -2.69. The molecule has 0 N–H and O–H groups in total. The molecule has 0 aliphatic heterocycles. The highest BCUT2D eigenvalue weighted by molar-refractivity contribution is 6.08. The number of benzene rings is 1. The first-order valence-corrected chi connectivity index (χ1v) is 8.78. The topological polar surface area (TPSA) is 52.3 Å². The highest BCUT2D eigenvalue weighted by Crippen LogP contribution is 2.32. The van der Waals surface area contributed by atoms with E-state index < -0.39 is 0 Å². The van der Waals surface area contributed by atoms with Crippen molar-refractivity contribution in [3.05, 3.63) is 51.6 Å². The molecule has 0 fully saturated rings. The number of rotatable bonds is 3. The van der Waals surface area contributed by atoms with Crippen LogP contribution in [0.4, 0.5) is 0 Å². The van der Waals surface area contributed by atoms with Crippen molar-refractivity contribution < 1.29 is 4.84 Å². The van der Waals surface area contributed by atoms with Gasteiger partial charge in [-0.3, -0.25) is 4.57 Å². The molecule has 0 atom stereocenters. The zero-order chi connectivity index (χ0) is 19.2. The molecule has 2 heterocycles. The Morgan fingerprint density at radius 1 is 1.00 bits per heavy atom. The fourth-order valence-electron chi connectivity index (χ4n) is 3.81. The third kappa shape index (κ3) is 2.77. The van der Waals surface area contributed by atoms with Crippen molar-refractivity contribution in [2.45, 2.75) is 48.5 Å². The first kappa shape index (κ1) is 18.1. The molecule has 0 saturated heterocycles. The van der Waals surface area contributed by atoms with E-state index in [1.165, 1.54) is 33.6 Å². The highest BCUT2D eigenvalue weighted by Gasteiger charge is 2.21. The number of hydrogen-bond donors (Lipinski definition) is 0. The van der Waals surface area contributed by atoms with Gasteiger partial charge in [0.2, 0.25) is 0 Å². The summed E-state index contributed by atoms with van der Waals surface area (Å²) in [6.07, 6.45) is 0. The van der Waals surface area contributed by atoms with Gasteiger partial charge in [0.05, 0.1) is 11.1 Å². The van der Waals surface area contributed by atoms with Crippen LogP contribution in [-0.4, -0.2) is 27.4 Å². The van der Waals surface area contributed by atoms with E-state index in [-0.39, 0.29) is 0 Å². The Morgan fingerprint density at radius 3 is 2.19 bits per heavy atom. The molecule has 5 nitrogen and oxygen atoms in total. The second kappa shape index (κ2) is 6.56. The Balaban J connectivity index is 2.47. The van der Waals surface area contributed by atoms with Gasteiger partial charge in [-0.25, -0.2) is 9.97 Å². The van der Waals surface area contributed by atoms with Crippen LogP contribution in [0.15, 0.2) is 17.3 Å². The number of nitrogens with zero attached hydrogens (tertiary/aromatic N) is 4. The lowest BCUT2D eigenvalue weighted by Gasteiger charge is -2.16. The Morgan fingerprint density at radius 2 is 1.62 bits per heavy atom. The van der Waals surface area contributed by atoms with Crippen molar-refractivity contribution in [1.82, 2.24) is 14.5 Å². The van der Waals surface area contributed by atoms with Crippen molar-refractivity contribution >= 4 is 16.7 Å². The van der Waals surface area contributed by atoms with Crippen LogP contribution in [0.5, 0.6) is 0 Å². The average Bonchev–Trinajstić information content (AvgIpc) is 2.78. The normalized spacial score (nSPS) is 12.1. The summed E-state index contributed by atoms with van der Waals surface area (Å²) in [6, 6.07) is 4.44. The summed E-state index contributed by atoms with van der Waals surface area (Å²) in [5, 5.41) is 5.14. The lowest BCUT2D eigenvalue weighted by molar-refractivity contribution is 0.213. The molecule has 0 saturated carbocycles. The molecule has 0 amide bonds. The average molecular weight is 350 g/mol. The van der Waals surface area contributed by atoms with Crippen LogP contribution in [0, 0.1) is 41.5 Å². The van der Waals surface area contributed by atoms with Crippen molar-refractivity contribution in [3.63, 3.8) is 0 Å². The molecule has 0 aliphatic carbocycles. The molecule has 26 heavy (non-hydrogen) atoms. The van der Waals surface area contributed by atoms with Gasteiger partial charge in [-0.05, 0) is 65.2 Å². The fourth-order valence-corrected chi connectivity index (χ4v) is 3.81. The first-order chi connectivity index (χ1) is 12.3. The van der Waals surface area contributed by atoms with Crippen LogP contribution in [0.1, 0.15) is 46.4 Å². The monoisotopic (exact) mass is 350 g/mol. The maximum Gasteiger partial charge on any atom is 0.149 e. The molecular weight excluding hydrogens is 324 g/mol. The summed E-state index contributed by atoms with van der Waals surface area (Å²) in [6.45, 7) is 14.5. The Kier molecular flexibility index (Phi) is 4.57. The summed E-state index contributed by atoms with van der Waals surface area (Å²) in [7, 11) is 1.55. The molecule has 5 heteroatoms. The van der Waals surface area contributed by atoms with E-state index in [0.717, 1.165) is 28.3 Å². The van der Waals surface area contributed by atoms with Gasteiger partial charge in [0.25, 0.3) is 0 Å². The molecule has 0 spiro atoms. The summed E-state index contributed by atoms with van der Waals surface area (Å²) in [4.78, 5) is 14.4. The van der Waals surface area contributed by atoms with E-state index >= 15 is 0 Å². The molecule has 0 aliphatic rings. The van der Waals surface area contributed by atoms with Crippen molar-refractivity contribution in [2.24, 2.45) is 5.16 Å². The van der Waals surface area contributed by atoms with Crippen LogP contribution in [0.3, 0.4) is 0 Å². The van der Waals surface area contributed by atoms with Gasteiger partial charge >= 0.3 is 0 Å². The molecule has 3 rings (SSSR count). The lowest BCUT2D eigenvalue weighted by Crippen LogP contribution is -2.07. The van der Waals surface area contributed by atoms with Crippen molar-refractivity contribution in [1.29, 1.82) is 0 Å². The minimum Gasteiger partial charge on any atom is -0.399 e. The van der Waals surface area contributed by atoms with Crippen molar-refractivity contribution in [3.8, 4) is 5.69 Å². The minimum absolute atomic E-state index is 0.722. The van der Waals surface area contributed by atoms with E-state index in [1.54, 1.807) is 7.11 Å². The summed E-state index contributed by atoms with van der Waals surface area (Å²) in [5.41, 5.74) is 9.77. The minimum atomic E-state index is 0.722. The number of aromatic nitrogens is 3. The van der Waals surface area contributed by atoms with E-state index in [4.69, 9.17) is 9.82 Å². The van der Waals surface area contributed by atoms with Gasteiger partial charge in [-0.2, -0.15) is 0 Å². The third-order valence-corrected chi connectivity index (χ3v) is 4.90. The quantitative estimate of drug-likeness (QED) is 0.511. The molecule has 136 valence electrons. The van der Waals surface area contributed by atoms with Crippen LogP contribution in [0.2, 0.25) is 0 Å². The maximum atomic E-state index is 4.98. The lowest BCUT2D eigenvalue weighted by atomic mass is 10.0. The highest BCUT2D eigenvalue weighted by atomic mass is 16.6. The van der Waals surface area contributed by atoms with Crippen LogP contribution < -0.4 is 0 Å². The van der Waals surface area contributed by atoms with Gasteiger partial charge in [0.15, 0.2) is 0 Å². The number of fused-ring (bicyclic) bond motifs is 1. The smallest absolute Gasteiger partial charge is 0.149 e. The molecule has 0 radical (unpaired) electrons. The predicted octanol–water partition coefficient (Wildman–Crippen LogP) is 4.64. The number of aryl methyl sites for hydroxylation is 5. The van der Waals surface area contributed by atoms with E-state index in [0.29, 0.717) is 0 Å². The van der Waals surface area contributed by atoms with E-state index in [1.807, 2.05) is 13.8 Å². The van der Waals surface area contributed by atoms with Gasteiger partial charge < -0.3 is 4.84 Å². The zero-order valence-electron chi connectivity index (χ0n) is 16.9. The van der Waals surface area contributed by atoms with Crippen molar-refractivity contribution in [2.75, 3.05) is 7.11 Å². The standard InChI is InChI=1S/C21H26N4O/c1-11-9-12(2)20(13(3)10-11)25-16(6)14(4)18-19(15(5)24-26-8)22-17(7)23-21(18)25/h9-10H,1-8H3/b24-15-. The molecule has 0 unspecified atom stereocenters. The molecule has 2 aromatic heterocycles. The van der Waals surface area contributed by atoms with Crippen LogP contribution in [-0.2, 0) is 4.84 Å². The zero-order valence-corrected chi connectivity index (χ0v) is 16.9. The fraction of sp³-hybridized carbons (Fsp3) is 0.381. The molecule has 0 bridgehead atoms. The molecule has 1 aromatic carbocycles. The maximum absolute atomic E-state index is 4.98. The van der Waals surface area contributed by atoms with Gasteiger partial charge in [-0.15, -0.1) is 0 Å². The second-order valence-electron chi connectivity index (χ2n) is 6.97. The largest absolute Gasteiger partial charge is 0.399 e. The van der Waals surface area contributed by atoms with Crippen LogP contribution >= 0.6 is 0 Å². The summed E-state index contributed by atoms with van der Waals surface area (Å²) >= 11 is 0. The Bertz CT molecular complexity index is 1020. The third-order valence-electron chi connectivity index (χ3n) is 4.90. The molecular formula is C21H26N4O. The summed E-state index contributed by atoms with van der Waals surface area (Å²) < 4.78 is 2.26. The van der Waals surface area contributed by atoms with Crippen LogP contribution in [0.25, 0.3) is 16.7 Å². The SMILES string of the molecule is CO/N=C(/C)c1nc(C)nc2c1c(C)c(C)n2-c1c(C)cc(C)cc1C. The Labute approximate surface area is 154 Å². The number of hydrogen-bond acceptors (Lipinski definition) is 4. The second-order valence-corrected chi connectivity index (χ2v) is 6.97. The molecule has 3 aromatic rings. The van der Waals surface area contributed by atoms with Gasteiger partial charge in [-0.1, -0.05) is 22.9 Å². The van der Waals surface area contributed by atoms with Gasteiger partial charge in [0, 0.05) is 5.69 Å². The number of oxime groups is 1. The predicted molar refractivity (Wildman–Crippen MR) is 107 cm³/mol.